The average Bonchev–Trinajstić information content (AvgIpc) is 3.01. The van der Waals surface area contributed by atoms with E-state index in [0.29, 0.717) is 0 Å². The minimum atomic E-state index is -3.03. The molecule has 2 aromatic rings. The summed E-state index contributed by atoms with van der Waals surface area (Å²) in [6.45, 7) is 7.17. The van der Waals surface area contributed by atoms with Gasteiger partial charge in [-0.15, -0.1) is 0 Å². The first-order valence-electron chi connectivity index (χ1n) is 11.2. The van der Waals surface area contributed by atoms with Crippen LogP contribution >= 0.6 is 0 Å². The lowest BCUT2D eigenvalue weighted by atomic mass is 9.82. The number of benzene rings is 1. The summed E-state index contributed by atoms with van der Waals surface area (Å²) in [6.07, 6.45) is -0.875. The van der Waals surface area contributed by atoms with E-state index in [9.17, 15) is 0 Å². The van der Waals surface area contributed by atoms with Crippen LogP contribution in [0.2, 0.25) is 0 Å². The van der Waals surface area contributed by atoms with Crippen LogP contribution in [0.5, 0.6) is 5.75 Å². The third kappa shape index (κ3) is 2.42. The molecule has 1 aliphatic rings. The highest BCUT2D eigenvalue weighted by atomic mass is 16.7. The van der Waals surface area contributed by atoms with Gasteiger partial charge >= 0.3 is 7.12 Å². The molecule has 1 saturated heterocycles. The molecule has 0 N–H and O–H groups in total. The Bertz CT molecular complexity index is 1040. The molecule has 3 rings (SSSR count). The van der Waals surface area contributed by atoms with Crippen molar-refractivity contribution in [3.63, 3.8) is 0 Å². The van der Waals surface area contributed by atoms with Crippen LogP contribution in [0.15, 0.2) is 36.5 Å². The predicted molar refractivity (Wildman–Crippen MR) is 85.8 cm³/mol. The molecular weight excluding hydrogens is 279 g/mol. The summed E-state index contributed by atoms with van der Waals surface area (Å²) in [5.74, 6) is -0.706. The fraction of sp³-hybridized carbons (Fsp3) is 0.438. The van der Waals surface area contributed by atoms with Crippen molar-refractivity contribution >= 4 is 12.6 Å². The molecule has 1 fully saturated rings. The zero-order valence-electron chi connectivity index (χ0n) is 21.7. The van der Waals surface area contributed by atoms with Gasteiger partial charge in [-0.25, -0.2) is 4.68 Å². The molecule has 1 aliphatic heterocycles. The Morgan fingerprint density at radius 3 is 2.59 bits per heavy atom. The molecule has 0 bridgehead atoms. The van der Waals surface area contributed by atoms with E-state index in [1.807, 2.05) is 0 Å². The minimum Gasteiger partial charge on any atom is -0.494 e. The molecule has 6 heteroatoms. The van der Waals surface area contributed by atoms with Gasteiger partial charge in [0.25, 0.3) is 0 Å². The van der Waals surface area contributed by atoms with E-state index < -0.39 is 73.3 Å². The first-order valence-corrected chi connectivity index (χ1v) is 6.70. The highest BCUT2D eigenvalue weighted by molar-refractivity contribution is 6.62. The lowest BCUT2D eigenvalue weighted by molar-refractivity contribution is 0.00578. The van der Waals surface area contributed by atoms with Crippen molar-refractivity contribution in [3.8, 4) is 11.4 Å². The summed E-state index contributed by atoms with van der Waals surface area (Å²) in [7, 11) is -4.15. The molecule has 22 heavy (non-hydrogen) atoms. The minimum absolute atomic E-state index is 0.0640. The number of hydrogen-bond donors (Lipinski definition) is 0. The van der Waals surface area contributed by atoms with Gasteiger partial charge in [0.2, 0.25) is 0 Å². The van der Waals surface area contributed by atoms with Gasteiger partial charge in [-0.1, -0.05) is 12.1 Å². The zero-order valence-corrected chi connectivity index (χ0v) is 12.7. The van der Waals surface area contributed by atoms with Crippen molar-refractivity contribution in [1.82, 2.24) is 9.78 Å². The smallest absolute Gasteiger partial charge is 0.494 e. The normalized spacial score (nSPS) is 25.8. The van der Waals surface area contributed by atoms with E-state index in [1.54, 1.807) is 27.7 Å². The first kappa shape index (κ1) is 7.66. The van der Waals surface area contributed by atoms with Gasteiger partial charge in [0.1, 0.15) is 11.4 Å². The Labute approximate surface area is 144 Å². The second-order valence-electron chi connectivity index (χ2n) is 5.92. The zero-order chi connectivity index (χ0) is 23.7. The van der Waals surface area contributed by atoms with Gasteiger partial charge in [0.15, 0.2) is 0 Å². The van der Waals surface area contributed by atoms with Crippen molar-refractivity contribution in [1.29, 1.82) is 0 Å². The lowest BCUT2D eigenvalue weighted by Gasteiger charge is -2.32. The van der Waals surface area contributed by atoms with Gasteiger partial charge in [0.05, 0.1) is 30.6 Å². The molecule has 5 nitrogen and oxygen atoms in total. The van der Waals surface area contributed by atoms with E-state index in [0.717, 1.165) is 4.68 Å². The van der Waals surface area contributed by atoms with Gasteiger partial charge in [0, 0.05) is 17.8 Å². The van der Waals surface area contributed by atoms with E-state index in [-0.39, 0.29) is 5.46 Å². The number of methoxy groups -OCH3 is 1. The third-order valence-corrected chi connectivity index (χ3v) is 3.93. The monoisotopic (exact) mass is 309 g/mol. The number of ether oxygens (including phenoxy) is 1. The van der Waals surface area contributed by atoms with Crippen molar-refractivity contribution in [3.05, 3.63) is 36.5 Å². The van der Waals surface area contributed by atoms with Crippen LogP contribution in [0, 0.1) is 0 Å². The highest BCUT2D eigenvalue weighted by Crippen LogP contribution is 2.36. The van der Waals surface area contributed by atoms with E-state index >= 15 is 0 Å². The van der Waals surface area contributed by atoms with Crippen LogP contribution in [0.3, 0.4) is 0 Å². The lowest BCUT2D eigenvalue weighted by Crippen LogP contribution is -2.41. The molecule has 0 unspecified atom stereocenters. The Morgan fingerprint density at radius 2 is 1.91 bits per heavy atom. The number of nitrogens with zero attached hydrogens (tertiary/aromatic N) is 2. The molecule has 1 aromatic carbocycles. The molecule has 2 heterocycles. The van der Waals surface area contributed by atoms with Crippen LogP contribution in [-0.2, 0) is 9.31 Å². The quantitative estimate of drug-likeness (QED) is 0.815. The van der Waals surface area contributed by atoms with Gasteiger partial charge in [-0.3, -0.25) is 0 Å². The Morgan fingerprint density at radius 1 is 1.23 bits per heavy atom. The maximum atomic E-state index is 8.52. The summed E-state index contributed by atoms with van der Waals surface area (Å²) in [4.78, 5) is 0. The molecular formula is C16H21BN2O3. The van der Waals surface area contributed by atoms with Crippen LogP contribution in [0.25, 0.3) is 5.69 Å². The Kier molecular flexibility index (Phi) is 1.79. The van der Waals surface area contributed by atoms with E-state index in [2.05, 4.69) is 5.10 Å². The first-order chi connectivity index (χ1) is 14.0. The SMILES string of the molecule is [2H]c1nn(-c2c([2H])c([2H])c([2H])c([2H])c2OC([2H])([2H])[2H])c([2H])c1B1OC(C)(C)C(C)(C)O1. The number of rotatable bonds is 3. The maximum absolute atomic E-state index is 8.52. The average molecular weight is 309 g/mol. The molecule has 0 aliphatic carbocycles. The van der Waals surface area contributed by atoms with Gasteiger partial charge in [-0.05, 0) is 39.8 Å². The second kappa shape index (κ2) is 5.14. The summed E-state index contributed by atoms with van der Waals surface area (Å²) in [5.41, 5.74) is -2.08. The largest absolute Gasteiger partial charge is 0.498 e. The fourth-order valence-electron chi connectivity index (χ4n) is 1.96. The molecule has 0 saturated carbocycles. The molecule has 0 amide bonds. The fourth-order valence-corrected chi connectivity index (χ4v) is 1.96. The molecule has 0 spiro atoms. The standard InChI is InChI=1S/C16H21BN2O3/c1-15(2)16(3,4)22-17(21-15)12-10-18-19(11-12)13-8-6-7-9-14(13)20-5/h6-11H,1-5H3/i5D3,6D,7D,8D,9D,10D,11D. The molecule has 1 aromatic heterocycles. The Hall–Kier alpha value is -1.79. The second-order valence-corrected chi connectivity index (χ2v) is 5.92. The van der Waals surface area contributed by atoms with Crippen LogP contribution in [-0.4, -0.2) is 35.1 Å². The molecule has 0 atom stereocenters. The van der Waals surface area contributed by atoms with Crippen LogP contribution in [0.1, 0.15) is 40.0 Å². The maximum Gasteiger partial charge on any atom is 0.498 e. The molecule has 0 radical (unpaired) electrons. The summed E-state index contributed by atoms with van der Waals surface area (Å²) in [6, 6.07) is -2.79. The summed E-state index contributed by atoms with van der Waals surface area (Å²) < 4.78 is 88.1. The molecule has 116 valence electrons. The van der Waals surface area contributed by atoms with Crippen molar-refractivity contribution < 1.29 is 26.4 Å². The van der Waals surface area contributed by atoms with E-state index in [1.165, 1.54) is 0 Å². The van der Waals surface area contributed by atoms with Crippen LogP contribution < -0.4 is 10.2 Å². The van der Waals surface area contributed by atoms with Gasteiger partial charge < -0.3 is 14.0 Å². The predicted octanol–water partition coefficient (Wildman–Crippen LogP) is 2.18. The third-order valence-electron chi connectivity index (χ3n) is 3.93. The van der Waals surface area contributed by atoms with E-state index in [4.69, 9.17) is 26.4 Å². The van der Waals surface area contributed by atoms with Gasteiger partial charge in [-0.2, -0.15) is 5.10 Å². The number of aromatic nitrogens is 2. The van der Waals surface area contributed by atoms with Crippen molar-refractivity contribution in [2.24, 2.45) is 0 Å². The highest BCUT2D eigenvalue weighted by Gasteiger charge is 2.52. The Balaban J connectivity index is 2.23. The van der Waals surface area contributed by atoms with Crippen molar-refractivity contribution in [2.45, 2.75) is 38.9 Å². The topological polar surface area (TPSA) is 45.5 Å². The summed E-state index contributed by atoms with van der Waals surface area (Å²) >= 11 is 0. The number of para-hydroxylation sites is 2. The number of hydrogen-bond acceptors (Lipinski definition) is 4. The van der Waals surface area contributed by atoms with Crippen LogP contribution in [0.4, 0.5) is 0 Å². The van der Waals surface area contributed by atoms with Crippen molar-refractivity contribution in [2.75, 3.05) is 7.04 Å². The summed E-state index contributed by atoms with van der Waals surface area (Å²) in [5, 5.41) is 3.91.